The third-order valence-electron chi connectivity index (χ3n) is 2.62. The normalized spacial score (nSPS) is 10.9. The van der Waals surface area contributed by atoms with E-state index >= 15 is 0 Å². The fourth-order valence-electron chi connectivity index (χ4n) is 1.63. The van der Waals surface area contributed by atoms with Crippen LogP contribution in [-0.2, 0) is 9.53 Å². The van der Waals surface area contributed by atoms with Crippen LogP contribution in [0.1, 0.15) is 71.6 Å². The van der Waals surface area contributed by atoms with Gasteiger partial charge >= 0.3 is 5.97 Å². The molecule has 0 unspecified atom stereocenters. The second kappa shape index (κ2) is 13.3. The summed E-state index contributed by atoms with van der Waals surface area (Å²) in [5.41, 5.74) is 0. The number of allylic oxidation sites excluding steroid dienone is 2. The van der Waals surface area contributed by atoms with Crippen molar-refractivity contribution in [2.75, 3.05) is 6.61 Å². The second-order valence-electron chi connectivity index (χ2n) is 4.41. The Bertz CT molecular complexity index is 197. The summed E-state index contributed by atoms with van der Waals surface area (Å²) in [6.07, 6.45) is 14.3. The van der Waals surface area contributed by atoms with Gasteiger partial charge < -0.3 is 4.74 Å². The number of carbonyl (C=O) groups excluding carboxylic acids is 1. The summed E-state index contributed by atoms with van der Waals surface area (Å²) in [7, 11) is 0. The summed E-state index contributed by atoms with van der Waals surface area (Å²) in [6.45, 7) is 4.75. The number of hydrogen-bond acceptors (Lipinski definition) is 2. The summed E-state index contributed by atoms with van der Waals surface area (Å²) < 4.78 is 5.02. The van der Waals surface area contributed by atoms with Gasteiger partial charge in [-0.1, -0.05) is 45.3 Å². The van der Waals surface area contributed by atoms with Gasteiger partial charge in [-0.05, 0) is 32.1 Å². The van der Waals surface area contributed by atoms with E-state index in [1.54, 1.807) is 0 Å². The Balaban J connectivity index is 3.12. The summed E-state index contributed by atoms with van der Waals surface area (Å²) in [4.78, 5) is 11.2. The van der Waals surface area contributed by atoms with Gasteiger partial charge in [0.05, 0.1) is 6.61 Å². The lowest BCUT2D eigenvalue weighted by Gasteiger charge is -2.02. The van der Waals surface area contributed by atoms with Crippen LogP contribution in [-0.4, -0.2) is 12.6 Å². The zero-order chi connectivity index (χ0) is 12.8. The number of unbranched alkanes of at least 4 members (excludes halogenated alkanes) is 5. The third-order valence-corrected chi connectivity index (χ3v) is 2.62. The van der Waals surface area contributed by atoms with Crippen molar-refractivity contribution in [3.05, 3.63) is 12.2 Å². The van der Waals surface area contributed by atoms with Crippen molar-refractivity contribution in [3.8, 4) is 0 Å². The van der Waals surface area contributed by atoms with Gasteiger partial charge in [0.15, 0.2) is 0 Å². The third kappa shape index (κ3) is 13.1. The van der Waals surface area contributed by atoms with Crippen LogP contribution in [0.3, 0.4) is 0 Å². The van der Waals surface area contributed by atoms with E-state index in [9.17, 15) is 4.79 Å². The summed E-state index contributed by atoms with van der Waals surface area (Å²) in [5.74, 6) is -0.0299. The molecule has 0 aliphatic rings. The van der Waals surface area contributed by atoms with Crippen LogP contribution in [0, 0.1) is 0 Å². The Morgan fingerprint density at radius 2 is 1.71 bits per heavy atom. The number of ether oxygens (including phenoxy) is 1. The molecule has 0 aromatic carbocycles. The Labute approximate surface area is 106 Å². The van der Waals surface area contributed by atoms with Gasteiger partial charge in [0.1, 0.15) is 0 Å². The Kier molecular flexibility index (Phi) is 12.7. The SMILES string of the molecule is CCC=CCCCCCCCC(=O)OCCC. The number of hydrogen-bond donors (Lipinski definition) is 0. The fourth-order valence-corrected chi connectivity index (χ4v) is 1.63. The molecule has 17 heavy (non-hydrogen) atoms. The summed E-state index contributed by atoms with van der Waals surface area (Å²) in [5, 5.41) is 0. The molecule has 0 saturated carbocycles. The minimum Gasteiger partial charge on any atom is -0.466 e. The fraction of sp³-hybridized carbons (Fsp3) is 0.800. The quantitative estimate of drug-likeness (QED) is 0.299. The minimum absolute atomic E-state index is 0.0299. The molecule has 0 aliphatic heterocycles. The number of esters is 1. The van der Waals surface area contributed by atoms with Crippen LogP contribution in [0.25, 0.3) is 0 Å². The zero-order valence-corrected chi connectivity index (χ0v) is 11.5. The van der Waals surface area contributed by atoms with Gasteiger partial charge in [0.25, 0.3) is 0 Å². The van der Waals surface area contributed by atoms with Crippen molar-refractivity contribution >= 4 is 5.97 Å². The van der Waals surface area contributed by atoms with Crippen molar-refractivity contribution in [2.24, 2.45) is 0 Å². The van der Waals surface area contributed by atoms with E-state index < -0.39 is 0 Å². The smallest absolute Gasteiger partial charge is 0.305 e. The van der Waals surface area contributed by atoms with Crippen LogP contribution in [0.15, 0.2) is 12.2 Å². The van der Waals surface area contributed by atoms with E-state index in [0.29, 0.717) is 13.0 Å². The van der Waals surface area contributed by atoms with Gasteiger partial charge in [-0.15, -0.1) is 0 Å². The minimum atomic E-state index is -0.0299. The van der Waals surface area contributed by atoms with Crippen molar-refractivity contribution in [3.63, 3.8) is 0 Å². The molecule has 0 saturated heterocycles. The molecular weight excluding hydrogens is 212 g/mol. The van der Waals surface area contributed by atoms with E-state index in [2.05, 4.69) is 19.1 Å². The maximum absolute atomic E-state index is 11.2. The maximum Gasteiger partial charge on any atom is 0.305 e. The highest BCUT2D eigenvalue weighted by Gasteiger charge is 2.00. The molecule has 0 aliphatic carbocycles. The molecule has 0 radical (unpaired) electrons. The average Bonchev–Trinajstić information content (AvgIpc) is 2.34. The van der Waals surface area contributed by atoms with E-state index in [1.807, 2.05) is 6.92 Å². The van der Waals surface area contributed by atoms with Gasteiger partial charge in [0, 0.05) is 6.42 Å². The van der Waals surface area contributed by atoms with Crippen molar-refractivity contribution in [1.29, 1.82) is 0 Å². The van der Waals surface area contributed by atoms with Crippen LogP contribution < -0.4 is 0 Å². The lowest BCUT2D eigenvalue weighted by Crippen LogP contribution is -2.04. The highest BCUT2D eigenvalue weighted by molar-refractivity contribution is 5.69. The molecule has 0 aromatic heterocycles. The lowest BCUT2D eigenvalue weighted by atomic mass is 10.1. The first-order chi connectivity index (χ1) is 8.31. The van der Waals surface area contributed by atoms with E-state index in [-0.39, 0.29) is 5.97 Å². The molecule has 0 fully saturated rings. The molecule has 0 N–H and O–H groups in total. The van der Waals surface area contributed by atoms with Gasteiger partial charge in [-0.3, -0.25) is 4.79 Å². The van der Waals surface area contributed by atoms with Crippen LogP contribution in [0.5, 0.6) is 0 Å². The second-order valence-corrected chi connectivity index (χ2v) is 4.41. The number of rotatable bonds is 11. The predicted octanol–water partition coefficient (Wildman–Crippen LogP) is 4.64. The molecule has 2 nitrogen and oxygen atoms in total. The van der Waals surface area contributed by atoms with E-state index in [0.717, 1.165) is 25.7 Å². The monoisotopic (exact) mass is 240 g/mol. The molecule has 2 heteroatoms. The van der Waals surface area contributed by atoms with Crippen molar-refractivity contribution < 1.29 is 9.53 Å². The molecule has 0 bridgehead atoms. The predicted molar refractivity (Wildman–Crippen MR) is 73.0 cm³/mol. The van der Waals surface area contributed by atoms with Gasteiger partial charge in [-0.25, -0.2) is 0 Å². The van der Waals surface area contributed by atoms with E-state index in [4.69, 9.17) is 4.74 Å². The average molecular weight is 240 g/mol. The molecule has 0 spiro atoms. The van der Waals surface area contributed by atoms with Crippen molar-refractivity contribution in [1.82, 2.24) is 0 Å². The standard InChI is InChI=1S/C15H28O2/c1-3-5-6-7-8-9-10-11-12-13-15(16)17-14-4-2/h5-6H,3-4,7-14H2,1-2H3. The largest absolute Gasteiger partial charge is 0.466 e. The highest BCUT2D eigenvalue weighted by Crippen LogP contribution is 2.08. The van der Waals surface area contributed by atoms with E-state index in [1.165, 1.54) is 25.7 Å². The number of carbonyl (C=O) groups is 1. The Morgan fingerprint density at radius 1 is 1.00 bits per heavy atom. The molecule has 0 aromatic rings. The molecule has 100 valence electrons. The maximum atomic E-state index is 11.2. The lowest BCUT2D eigenvalue weighted by molar-refractivity contribution is -0.143. The van der Waals surface area contributed by atoms with Crippen LogP contribution in [0.2, 0.25) is 0 Å². The first-order valence-corrected chi connectivity index (χ1v) is 7.11. The highest BCUT2D eigenvalue weighted by atomic mass is 16.5. The van der Waals surface area contributed by atoms with Gasteiger partial charge in [-0.2, -0.15) is 0 Å². The van der Waals surface area contributed by atoms with Crippen LogP contribution in [0.4, 0.5) is 0 Å². The summed E-state index contributed by atoms with van der Waals surface area (Å²) >= 11 is 0. The Hall–Kier alpha value is -0.790. The Morgan fingerprint density at radius 3 is 2.41 bits per heavy atom. The van der Waals surface area contributed by atoms with Crippen molar-refractivity contribution in [2.45, 2.75) is 71.6 Å². The molecule has 0 rings (SSSR count). The first-order valence-electron chi connectivity index (χ1n) is 7.11. The van der Waals surface area contributed by atoms with Crippen LogP contribution >= 0.6 is 0 Å². The molecular formula is C15H28O2. The first kappa shape index (κ1) is 16.2. The molecule has 0 atom stereocenters. The molecule has 0 heterocycles. The van der Waals surface area contributed by atoms with Gasteiger partial charge in [0.2, 0.25) is 0 Å². The zero-order valence-electron chi connectivity index (χ0n) is 11.5. The topological polar surface area (TPSA) is 26.3 Å². The molecule has 0 amide bonds. The summed E-state index contributed by atoms with van der Waals surface area (Å²) in [6, 6.07) is 0.